The summed E-state index contributed by atoms with van der Waals surface area (Å²) in [5.41, 5.74) is 0.974. The summed E-state index contributed by atoms with van der Waals surface area (Å²) < 4.78 is 27.2. The molecule has 0 atom stereocenters. The summed E-state index contributed by atoms with van der Waals surface area (Å²) in [4.78, 5) is 4.47. The molecule has 2 aromatic rings. The zero-order valence-electron chi connectivity index (χ0n) is 15.8. The highest BCUT2D eigenvalue weighted by Gasteiger charge is 2.16. The number of aliphatic imine (C=N–C) groups is 1. The second-order valence-electron chi connectivity index (χ2n) is 5.91. The maximum absolute atomic E-state index is 12.1. The molecular formula is C17H27IN6O2S. The molecule has 0 aliphatic heterocycles. The van der Waals surface area contributed by atoms with Gasteiger partial charge in [0.25, 0.3) is 0 Å². The summed E-state index contributed by atoms with van der Waals surface area (Å²) in [7, 11) is 1.37. The van der Waals surface area contributed by atoms with E-state index in [0.717, 1.165) is 25.1 Å². The lowest BCUT2D eigenvalue weighted by Crippen LogP contribution is -2.37. The van der Waals surface area contributed by atoms with Gasteiger partial charge < -0.3 is 10.6 Å². The van der Waals surface area contributed by atoms with E-state index in [0.29, 0.717) is 12.5 Å². The lowest BCUT2D eigenvalue weighted by Gasteiger charge is -2.13. The lowest BCUT2D eigenvalue weighted by atomic mass is 10.2. The van der Waals surface area contributed by atoms with Crippen LogP contribution in [0.5, 0.6) is 0 Å². The first kappa shape index (κ1) is 23.4. The molecule has 8 nitrogen and oxygen atoms in total. The molecule has 0 radical (unpaired) electrons. The summed E-state index contributed by atoms with van der Waals surface area (Å²) in [6.45, 7) is 2.18. The van der Waals surface area contributed by atoms with Crippen molar-refractivity contribution in [2.75, 3.05) is 27.7 Å². The number of aryl methyl sites for hydroxylation is 1. The highest BCUT2D eigenvalue weighted by molar-refractivity contribution is 14.0. The molecule has 0 amide bonds. The van der Waals surface area contributed by atoms with Crippen LogP contribution < -0.4 is 10.6 Å². The molecule has 0 bridgehead atoms. The van der Waals surface area contributed by atoms with Crippen molar-refractivity contribution in [1.29, 1.82) is 0 Å². The fraction of sp³-hybridized carbons (Fsp3) is 0.412. The van der Waals surface area contributed by atoms with E-state index < -0.39 is 10.0 Å². The standard InChI is InChI=1S/C17H26N6O2S.HI/c1-18-17(19-10-4-12-23-13-5-11-21-23)20-14-15-6-8-16(9-7-15)26(24,25)22(2)3;/h5-9,11,13H,4,10,12,14H2,1-3H3,(H2,18,19,20);1H. The van der Waals surface area contributed by atoms with Crippen LogP contribution >= 0.6 is 24.0 Å². The van der Waals surface area contributed by atoms with Crippen molar-refractivity contribution in [3.8, 4) is 0 Å². The van der Waals surface area contributed by atoms with E-state index >= 15 is 0 Å². The summed E-state index contributed by atoms with van der Waals surface area (Å²) in [5, 5.41) is 10.6. The fourth-order valence-electron chi connectivity index (χ4n) is 2.28. The summed E-state index contributed by atoms with van der Waals surface area (Å²) in [6.07, 6.45) is 4.63. The van der Waals surface area contributed by atoms with Crippen LogP contribution in [0.3, 0.4) is 0 Å². The molecule has 1 aromatic heterocycles. The minimum atomic E-state index is -3.39. The van der Waals surface area contributed by atoms with Crippen molar-refractivity contribution in [3.63, 3.8) is 0 Å². The number of aromatic nitrogens is 2. The Morgan fingerprint density at radius 2 is 1.93 bits per heavy atom. The maximum atomic E-state index is 12.1. The number of nitrogens with one attached hydrogen (secondary N) is 2. The zero-order valence-corrected chi connectivity index (χ0v) is 18.9. The van der Waals surface area contributed by atoms with Gasteiger partial charge in [0.1, 0.15) is 0 Å². The Labute approximate surface area is 178 Å². The van der Waals surface area contributed by atoms with Gasteiger partial charge in [0.05, 0.1) is 4.90 Å². The van der Waals surface area contributed by atoms with Crippen molar-refractivity contribution in [2.24, 2.45) is 4.99 Å². The predicted octanol–water partition coefficient (Wildman–Crippen LogP) is 1.51. The summed E-state index contributed by atoms with van der Waals surface area (Å²) >= 11 is 0. The van der Waals surface area contributed by atoms with E-state index in [4.69, 9.17) is 0 Å². The van der Waals surface area contributed by atoms with Crippen molar-refractivity contribution in [1.82, 2.24) is 24.7 Å². The van der Waals surface area contributed by atoms with Gasteiger partial charge in [-0.2, -0.15) is 5.10 Å². The van der Waals surface area contributed by atoms with Crippen molar-refractivity contribution in [2.45, 2.75) is 24.4 Å². The number of rotatable bonds is 8. The molecule has 27 heavy (non-hydrogen) atoms. The number of nitrogens with zero attached hydrogens (tertiary/aromatic N) is 4. The first-order chi connectivity index (χ1) is 12.4. The quantitative estimate of drug-likeness (QED) is 0.245. The first-order valence-electron chi connectivity index (χ1n) is 8.37. The molecule has 1 aromatic carbocycles. The molecule has 150 valence electrons. The smallest absolute Gasteiger partial charge is 0.242 e. The molecular weight excluding hydrogens is 479 g/mol. The highest BCUT2D eigenvalue weighted by Crippen LogP contribution is 2.13. The minimum Gasteiger partial charge on any atom is -0.356 e. The largest absolute Gasteiger partial charge is 0.356 e. The number of sulfonamides is 1. The molecule has 0 aliphatic carbocycles. The molecule has 2 rings (SSSR count). The van der Waals surface area contributed by atoms with Gasteiger partial charge >= 0.3 is 0 Å². The molecule has 0 saturated carbocycles. The third-order valence-electron chi connectivity index (χ3n) is 3.80. The average Bonchev–Trinajstić information content (AvgIpc) is 3.15. The number of guanidine groups is 1. The van der Waals surface area contributed by atoms with Crippen LogP contribution in [-0.2, 0) is 23.1 Å². The molecule has 0 fully saturated rings. The number of hydrogen-bond acceptors (Lipinski definition) is 4. The van der Waals surface area contributed by atoms with E-state index in [1.54, 1.807) is 37.5 Å². The Hall–Kier alpha value is -1.66. The number of halogens is 1. The lowest BCUT2D eigenvalue weighted by molar-refractivity contribution is 0.520. The Kier molecular flexibility index (Phi) is 9.74. The van der Waals surface area contributed by atoms with Gasteiger partial charge in [-0.25, -0.2) is 12.7 Å². The van der Waals surface area contributed by atoms with Gasteiger partial charge in [0.2, 0.25) is 10.0 Å². The number of benzene rings is 1. The second kappa shape index (κ2) is 11.2. The van der Waals surface area contributed by atoms with Gasteiger partial charge in [-0.15, -0.1) is 24.0 Å². The monoisotopic (exact) mass is 506 g/mol. The van der Waals surface area contributed by atoms with Crippen molar-refractivity contribution in [3.05, 3.63) is 48.3 Å². The van der Waals surface area contributed by atoms with Crippen molar-refractivity contribution >= 4 is 40.0 Å². The van der Waals surface area contributed by atoms with Crippen LogP contribution in [0, 0.1) is 0 Å². The summed E-state index contributed by atoms with van der Waals surface area (Å²) in [6, 6.07) is 8.74. The Morgan fingerprint density at radius 3 is 2.48 bits per heavy atom. The third-order valence-corrected chi connectivity index (χ3v) is 5.63. The average molecular weight is 506 g/mol. The summed E-state index contributed by atoms with van der Waals surface area (Å²) in [5.74, 6) is 0.704. The zero-order chi connectivity index (χ0) is 19.0. The van der Waals surface area contributed by atoms with Crippen LogP contribution in [0.2, 0.25) is 0 Å². The predicted molar refractivity (Wildman–Crippen MR) is 118 cm³/mol. The number of hydrogen-bond donors (Lipinski definition) is 2. The molecule has 1 heterocycles. The van der Waals surface area contributed by atoms with E-state index in [1.165, 1.54) is 18.4 Å². The van der Waals surface area contributed by atoms with Crippen LogP contribution in [0.1, 0.15) is 12.0 Å². The third kappa shape index (κ3) is 7.11. The van der Waals surface area contributed by atoms with Crippen LogP contribution in [0.15, 0.2) is 52.6 Å². The maximum Gasteiger partial charge on any atom is 0.242 e. The highest BCUT2D eigenvalue weighted by atomic mass is 127. The first-order valence-corrected chi connectivity index (χ1v) is 9.81. The molecule has 10 heteroatoms. The Balaban J connectivity index is 0.00000364. The molecule has 0 unspecified atom stereocenters. The van der Waals surface area contributed by atoms with Crippen LogP contribution in [0.4, 0.5) is 0 Å². The van der Waals surface area contributed by atoms with Gasteiger partial charge in [0.15, 0.2) is 5.96 Å². The Bertz CT molecular complexity index is 804. The molecule has 2 N–H and O–H groups in total. The van der Waals surface area contributed by atoms with Crippen molar-refractivity contribution < 1.29 is 8.42 Å². The van der Waals surface area contributed by atoms with Crippen LogP contribution in [-0.4, -0.2) is 56.2 Å². The SMILES string of the molecule is CN=C(NCCCn1cccn1)NCc1ccc(S(=O)(=O)N(C)C)cc1.I. The van der Waals surface area contributed by atoms with Gasteiger partial charge in [0, 0.05) is 53.2 Å². The van der Waals surface area contributed by atoms with Gasteiger partial charge in [-0.1, -0.05) is 12.1 Å². The molecule has 0 aliphatic rings. The topological polar surface area (TPSA) is 91.6 Å². The van der Waals surface area contributed by atoms with E-state index in [-0.39, 0.29) is 28.9 Å². The van der Waals surface area contributed by atoms with E-state index in [2.05, 4.69) is 20.7 Å². The van der Waals surface area contributed by atoms with Crippen LogP contribution in [0.25, 0.3) is 0 Å². The molecule has 0 spiro atoms. The fourth-order valence-corrected chi connectivity index (χ4v) is 3.18. The van der Waals surface area contributed by atoms with Gasteiger partial charge in [-0.3, -0.25) is 9.67 Å². The van der Waals surface area contributed by atoms with Gasteiger partial charge in [-0.05, 0) is 30.2 Å². The second-order valence-corrected chi connectivity index (χ2v) is 8.06. The van der Waals surface area contributed by atoms with E-state index in [9.17, 15) is 8.42 Å². The minimum absolute atomic E-state index is 0. The van der Waals surface area contributed by atoms with E-state index in [1.807, 2.05) is 16.9 Å². The normalized spacial score (nSPS) is 11.9. The Morgan fingerprint density at radius 1 is 1.22 bits per heavy atom. The molecule has 0 saturated heterocycles.